The number of benzene rings is 7. The molecule has 0 fully saturated rings. The molecule has 0 radical (unpaired) electrons. The van der Waals surface area contributed by atoms with Crippen molar-refractivity contribution in [3.8, 4) is 11.4 Å². The molecule has 3 heteroatoms. The van der Waals surface area contributed by atoms with Gasteiger partial charge in [0.25, 0.3) is 0 Å². The number of furan rings is 1. The highest BCUT2D eigenvalue weighted by Gasteiger charge is 2.23. The normalized spacial score (nSPS) is 12.2. The number of fused-ring (bicyclic) bond motifs is 11. The molecule has 10 rings (SSSR count). The van der Waals surface area contributed by atoms with Crippen molar-refractivity contribution in [3.63, 3.8) is 0 Å². The van der Waals surface area contributed by atoms with Gasteiger partial charge in [-0.25, -0.2) is 0 Å². The molecule has 3 heterocycles. The lowest BCUT2D eigenvalue weighted by molar-refractivity contribution is 0.669. The molecule has 10 aromatic rings. The summed E-state index contributed by atoms with van der Waals surface area (Å²) >= 11 is 0. The predicted octanol–water partition coefficient (Wildman–Crippen LogP) is 10.9. The fraction of sp³-hybridized carbons (Fsp3) is 0. The van der Waals surface area contributed by atoms with Crippen LogP contribution < -0.4 is 0 Å². The minimum Gasteiger partial charge on any atom is -0.456 e. The molecule has 0 spiro atoms. The van der Waals surface area contributed by atoms with E-state index in [-0.39, 0.29) is 0 Å². The zero-order valence-corrected chi connectivity index (χ0v) is 23.2. The average Bonchev–Trinajstić information content (AvgIpc) is 3.72. The predicted molar refractivity (Wildman–Crippen MR) is 180 cm³/mol. The summed E-state index contributed by atoms with van der Waals surface area (Å²) in [6, 6.07) is 52.3. The average molecular weight is 549 g/mol. The Morgan fingerprint density at radius 3 is 1.79 bits per heavy atom. The van der Waals surface area contributed by atoms with Crippen LogP contribution in [-0.4, -0.2) is 9.13 Å². The molecule has 0 saturated heterocycles. The third-order valence-corrected chi connectivity index (χ3v) is 9.08. The van der Waals surface area contributed by atoms with Gasteiger partial charge in [0.2, 0.25) is 0 Å². The van der Waals surface area contributed by atoms with E-state index >= 15 is 0 Å². The van der Waals surface area contributed by atoms with Crippen LogP contribution in [-0.2, 0) is 0 Å². The molecule has 0 aliphatic rings. The maximum Gasteiger partial charge on any atom is 0.137 e. The molecule has 7 aromatic carbocycles. The van der Waals surface area contributed by atoms with E-state index in [0.29, 0.717) is 0 Å². The van der Waals surface area contributed by atoms with Crippen LogP contribution in [0.2, 0.25) is 0 Å². The SMILES string of the molecule is c1ccc2cc(-n3c4ccccc4c4ccc5c6ccccc6n(-c6cccc7oc8ccccc8c67)c5c43)ccc2c1. The number of nitrogens with zero attached hydrogens (tertiary/aromatic N) is 2. The molecule has 43 heavy (non-hydrogen) atoms. The highest BCUT2D eigenvalue weighted by atomic mass is 16.3. The monoisotopic (exact) mass is 548 g/mol. The molecule has 0 aliphatic heterocycles. The zero-order chi connectivity index (χ0) is 28.1. The number of para-hydroxylation sites is 3. The van der Waals surface area contributed by atoms with E-state index in [1.165, 1.54) is 54.4 Å². The standard InChI is InChI=1S/C40H24N2O/c1-2-11-26-24-27(21-20-25(26)10-1)41-33-15-6-3-12-28(33)30-22-23-31-29-13-4-7-16-34(29)42(40(31)39(30)41)35-17-9-19-37-38(35)32-14-5-8-18-36(32)43-37/h1-24H. The van der Waals surface area contributed by atoms with E-state index < -0.39 is 0 Å². The maximum absolute atomic E-state index is 6.37. The molecule has 0 atom stereocenters. The Bertz CT molecular complexity index is 2740. The van der Waals surface area contributed by atoms with Gasteiger partial charge in [0.15, 0.2) is 0 Å². The molecule has 0 unspecified atom stereocenters. The van der Waals surface area contributed by atoms with E-state index in [4.69, 9.17) is 4.42 Å². The van der Waals surface area contributed by atoms with Gasteiger partial charge >= 0.3 is 0 Å². The Balaban J connectivity index is 1.46. The van der Waals surface area contributed by atoms with Crippen LogP contribution in [0.5, 0.6) is 0 Å². The lowest BCUT2D eigenvalue weighted by atomic mass is 10.1. The topological polar surface area (TPSA) is 23.0 Å². The quantitative estimate of drug-likeness (QED) is 0.211. The van der Waals surface area contributed by atoms with Crippen molar-refractivity contribution in [1.82, 2.24) is 9.13 Å². The summed E-state index contributed by atoms with van der Waals surface area (Å²) in [6.07, 6.45) is 0. The Morgan fingerprint density at radius 1 is 0.395 bits per heavy atom. The van der Waals surface area contributed by atoms with Crippen LogP contribution in [0.25, 0.3) is 87.7 Å². The number of rotatable bonds is 2. The van der Waals surface area contributed by atoms with E-state index in [1.54, 1.807) is 0 Å². The minimum atomic E-state index is 0.895. The summed E-state index contributed by atoms with van der Waals surface area (Å²) in [5.74, 6) is 0. The van der Waals surface area contributed by atoms with Crippen molar-refractivity contribution in [2.75, 3.05) is 0 Å². The van der Waals surface area contributed by atoms with Crippen molar-refractivity contribution in [2.45, 2.75) is 0 Å². The molecule has 0 aliphatic carbocycles. The number of aromatic nitrogens is 2. The smallest absolute Gasteiger partial charge is 0.137 e. The lowest BCUT2D eigenvalue weighted by Gasteiger charge is -2.14. The van der Waals surface area contributed by atoms with E-state index in [9.17, 15) is 0 Å². The second-order valence-electron chi connectivity index (χ2n) is 11.3. The van der Waals surface area contributed by atoms with Crippen LogP contribution in [0.4, 0.5) is 0 Å². The minimum absolute atomic E-state index is 0.895. The molecule has 200 valence electrons. The highest BCUT2D eigenvalue weighted by Crippen LogP contribution is 2.43. The first-order chi connectivity index (χ1) is 21.3. The van der Waals surface area contributed by atoms with Crippen LogP contribution >= 0.6 is 0 Å². The molecular formula is C40H24N2O. The molecular weight excluding hydrogens is 524 g/mol. The zero-order valence-electron chi connectivity index (χ0n) is 23.2. The Hall–Kier alpha value is -5.80. The molecule has 3 aromatic heterocycles. The maximum atomic E-state index is 6.37. The van der Waals surface area contributed by atoms with Gasteiger partial charge in [-0.05, 0) is 53.2 Å². The van der Waals surface area contributed by atoms with Crippen molar-refractivity contribution in [3.05, 3.63) is 146 Å². The van der Waals surface area contributed by atoms with Gasteiger partial charge in [-0.2, -0.15) is 0 Å². The number of hydrogen-bond donors (Lipinski definition) is 0. The van der Waals surface area contributed by atoms with Gasteiger partial charge in [-0.3, -0.25) is 0 Å². The Morgan fingerprint density at radius 2 is 1.00 bits per heavy atom. The van der Waals surface area contributed by atoms with Gasteiger partial charge in [-0.1, -0.05) is 103 Å². The third kappa shape index (κ3) is 3.03. The van der Waals surface area contributed by atoms with Gasteiger partial charge in [0.1, 0.15) is 11.2 Å². The molecule has 0 bridgehead atoms. The fourth-order valence-corrected chi connectivity index (χ4v) is 7.28. The molecule has 0 N–H and O–H groups in total. The first kappa shape index (κ1) is 22.8. The lowest BCUT2D eigenvalue weighted by Crippen LogP contribution is -1.99. The van der Waals surface area contributed by atoms with Crippen LogP contribution in [0, 0.1) is 0 Å². The summed E-state index contributed by atoms with van der Waals surface area (Å²) < 4.78 is 11.3. The Labute approximate surface area is 246 Å². The summed E-state index contributed by atoms with van der Waals surface area (Å²) in [5, 5.41) is 9.68. The van der Waals surface area contributed by atoms with Gasteiger partial charge in [-0.15, -0.1) is 0 Å². The van der Waals surface area contributed by atoms with Crippen LogP contribution in [0.15, 0.2) is 150 Å². The summed E-state index contributed by atoms with van der Waals surface area (Å²) in [4.78, 5) is 0. The van der Waals surface area contributed by atoms with Gasteiger partial charge in [0, 0.05) is 32.6 Å². The fourth-order valence-electron chi connectivity index (χ4n) is 7.28. The van der Waals surface area contributed by atoms with Crippen molar-refractivity contribution >= 4 is 76.3 Å². The van der Waals surface area contributed by atoms with E-state index in [1.807, 2.05) is 6.07 Å². The first-order valence-electron chi connectivity index (χ1n) is 14.7. The van der Waals surface area contributed by atoms with Gasteiger partial charge < -0.3 is 13.6 Å². The molecule has 3 nitrogen and oxygen atoms in total. The van der Waals surface area contributed by atoms with E-state index in [2.05, 4.69) is 149 Å². The molecule has 0 saturated carbocycles. The van der Waals surface area contributed by atoms with Gasteiger partial charge in [0.05, 0.1) is 33.1 Å². The van der Waals surface area contributed by atoms with E-state index in [0.717, 1.165) is 33.3 Å². The highest BCUT2D eigenvalue weighted by molar-refractivity contribution is 6.24. The first-order valence-corrected chi connectivity index (χ1v) is 14.7. The second kappa shape index (κ2) is 8.37. The summed E-state index contributed by atoms with van der Waals surface area (Å²) in [5.41, 5.74) is 8.85. The van der Waals surface area contributed by atoms with Crippen LogP contribution in [0.3, 0.4) is 0 Å². The third-order valence-electron chi connectivity index (χ3n) is 9.08. The summed E-state index contributed by atoms with van der Waals surface area (Å²) in [6.45, 7) is 0. The second-order valence-corrected chi connectivity index (χ2v) is 11.3. The van der Waals surface area contributed by atoms with Crippen molar-refractivity contribution < 1.29 is 4.42 Å². The Kier molecular flexibility index (Phi) is 4.45. The van der Waals surface area contributed by atoms with Crippen molar-refractivity contribution in [1.29, 1.82) is 0 Å². The largest absolute Gasteiger partial charge is 0.456 e. The molecule has 0 amide bonds. The summed E-state index contributed by atoms with van der Waals surface area (Å²) in [7, 11) is 0. The van der Waals surface area contributed by atoms with Crippen LogP contribution in [0.1, 0.15) is 0 Å². The number of hydrogen-bond acceptors (Lipinski definition) is 1. The van der Waals surface area contributed by atoms with Crippen molar-refractivity contribution in [2.24, 2.45) is 0 Å².